The van der Waals surface area contributed by atoms with Gasteiger partial charge in [-0.2, -0.15) is 0 Å². The molecule has 0 fully saturated rings. The lowest BCUT2D eigenvalue weighted by molar-refractivity contribution is 0.281. The normalized spacial score (nSPS) is 10.5. The topological polar surface area (TPSA) is 81.3 Å². The van der Waals surface area contributed by atoms with Crippen LogP contribution >= 0.6 is 0 Å². The molecule has 1 aromatic carbocycles. The van der Waals surface area contributed by atoms with Crippen molar-refractivity contribution in [1.82, 2.24) is 9.97 Å². The maximum Gasteiger partial charge on any atom is 0.220 e. The number of hydrogen-bond donors (Lipinski definition) is 2. The van der Waals surface area contributed by atoms with E-state index in [4.69, 9.17) is 15.6 Å². The number of nitrogens with zero attached hydrogens (tertiary/aromatic N) is 2. The number of nitrogen functional groups attached to an aromatic ring is 1. The van der Waals surface area contributed by atoms with Gasteiger partial charge in [-0.3, -0.25) is 0 Å². The second kappa shape index (κ2) is 3.70. The van der Waals surface area contributed by atoms with Crippen molar-refractivity contribution in [2.24, 2.45) is 0 Å². The van der Waals surface area contributed by atoms with E-state index in [1.807, 2.05) is 0 Å². The second-order valence-electron chi connectivity index (χ2n) is 3.12. The van der Waals surface area contributed by atoms with Crippen LogP contribution in [0.3, 0.4) is 0 Å². The first-order valence-corrected chi connectivity index (χ1v) is 4.44. The molecule has 0 spiro atoms. The summed E-state index contributed by atoms with van der Waals surface area (Å²) < 4.78 is 5.17. The molecule has 1 heterocycles. The molecule has 2 aromatic rings. The molecule has 0 unspecified atom stereocenters. The van der Waals surface area contributed by atoms with Crippen molar-refractivity contribution in [3.63, 3.8) is 0 Å². The first-order valence-electron chi connectivity index (χ1n) is 4.44. The summed E-state index contributed by atoms with van der Waals surface area (Å²) in [6, 6.07) is 3.53. The Labute approximate surface area is 86.5 Å². The molecule has 0 aliphatic rings. The number of methoxy groups -OCH3 is 1. The third kappa shape index (κ3) is 1.69. The van der Waals surface area contributed by atoms with E-state index in [9.17, 15) is 0 Å². The van der Waals surface area contributed by atoms with Crippen LogP contribution in [0, 0.1) is 0 Å². The highest BCUT2D eigenvalue weighted by atomic mass is 16.5. The van der Waals surface area contributed by atoms with E-state index in [0.717, 1.165) is 10.9 Å². The van der Waals surface area contributed by atoms with E-state index < -0.39 is 0 Å². The molecule has 0 saturated carbocycles. The van der Waals surface area contributed by atoms with Gasteiger partial charge < -0.3 is 15.6 Å². The standard InChI is InChI=1S/C10H11N3O2/c1-15-8-3-6(5-14)2-7-4-12-10(11)13-9(7)8/h2-4,14H,5H2,1H3,(H2,11,12,13). The summed E-state index contributed by atoms with van der Waals surface area (Å²) in [5.41, 5.74) is 6.90. The van der Waals surface area contributed by atoms with E-state index >= 15 is 0 Å². The average Bonchev–Trinajstić information content (AvgIpc) is 2.27. The molecule has 5 heteroatoms. The first-order chi connectivity index (χ1) is 7.24. The molecule has 0 bridgehead atoms. The van der Waals surface area contributed by atoms with Gasteiger partial charge in [-0.25, -0.2) is 9.97 Å². The number of rotatable bonds is 2. The number of ether oxygens (including phenoxy) is 1. The van der Waals surface area contributed by atoms with Gasteiger partial charge in [0, 0.05) is 11.6 Å². The van der Waals surface area contributed by atoms with Gasteiger partial charge in [0.15, 0.2) is 0 Å². The fourth-order valence-corrected chi connectivity index (χ4v) is 1.43. The molecule has 0 aliphatic carbocycles. The zero-order valence-electron chi connectivity index (χ0n) is 8.27. The number of benzene rings is 1. The monoisotopic (exact) mass is 205 g/mol. The summed E-state index contributed by atoms with van der Waals surface area (Å²) in [5, 5.41) is 9.85. The Hall–Kier alpha value is -1.88. The number of aliphatic hydroxyl groups is 1. The molecule has 78 valence electrons. The summed E-state index contributed by atoms with van der Waals surface area (Å²) in [4.78, 5) is 7.97. The highest BCUT2D eigenvalue weighted by molar-refractivity contribution is 5.85. The number of hydrogen-bond acceptors (Lipinski definition) is 5. The molecule has 3 N–H and O–H groups in total. The predicted octanol–water partition coefficient (Wildman–Crippen LogP) is 0.713. The number of aromatic nitrogens is 2. The van der Waals surface area contributed by atoms with Gasteiger partial charge in [-0.15, -0.1) is 0 Å². The van der Waals surface area contributed by atoms with Gasteiger partial charge in [-0.1, -0.05) is 0 Å². The largest absolute Gasteiger partial charge is 0.494 e. The highest BCUT2D eigenvalue weighted by Gasteiger charge is 2.06. The number of fused-ring (bicyclic) bond motifs is 1. The van der Waals surface area contributed by atoms with E-state index in [1.165, 1.54) is 0 Å². The van der Waals surface area contributed by atoms with Crippen molar-refractivity contribution in [1.29, 1.82) is 0 Å². The first kappa shape index (κ1) is 9.67. The zero-order valence-corrected chi connectivity index (χ0v) is 8.27. The van der Waals surface area contributed by atoms with E-state index in [2.05, 4.69) is 9.97 Å². The number of anilines is 1. The van der Waals surface area contributed by atoms with Crippen LogP contribution < -0.4 is 10.5 Å². The lowest BCUT2D eigenvalue weighted by atomic mass is 10.1. The van der Waals surface area contributed by atoms with Crippen molar-refractivity contribution in [3.05, 3.63) is 23.9 Å². The van der Waals surface area contributed by atoms with Crippen LogP contribution in [-0.4, -0.2) is 22.2 Å². The fraction of sp³-hybridized carbons (Fsp3) is 0.200. The van der Waals surface area contributed by atoms with Crippen LogP contribution in [0.2, 0.25) is 0 Å². The summed E-state index contributed by atoms with van der Waals surface area (Å²) in [5.74, 6) is 0.795. The fourth-order valence-electron chi connectivity index (χ4n) is 1.43. The van der Waals surface area contributed by atoms with Crippen molar-refractivity contribution in [2.45, 2.75) is 6.61 Å². The van der Waals surface area contributed by atoms with Crippen LogP contribution in [0.1, 0.15) is 5.56 Å². The Balaban J connectivity index is 2.75. The Kier molecular flexibility index (Phi) is 2.39. The third-order valence-corrected chi connectivity index (χ3v) is 2.13. The van der Waals surface area contributed by atoms with Crippen LogP contribution in [-0.2, 0) is 6.61 Å². The predicted molar refractivity (Wildman–Crippen MR) is 56.4 cm³/mol. The molecular weight excluding hydrogens is 194 g/mol. The summed E-state index contributed by atoms with van der Waals surface area (Å²) in [7, 11) is 1.55. The molecule has 0 radical (unpaired) electrons. The van der Waals surface area contributed by atoms with Crippen molar-refractivity contribution in [2.75, 3.05) is 12.8 Å². The second-order valence-corrected chi connectivity index (χ2v) is 3.12. The van der Waals surface area contributed by atoms with Crippen LogP contribution in [0.5, 0.6) is 5.75 Å². The minimum Gasteiger partial charge on any atom is -0.494 e. The zero-order chi connectivity index (χ0) is 10.8. The average molecular weight is 205 g/mol. The number of nitrogens with two attached hydrogens (primary N) is 1. The molecular formula is C10H11N3O2. The maximum absolute atomic E-state index is 9.05. The van der Waals surface area contributed by atoms with Gasteiger partial charge in [0.2, 0.25) is 5.95 Å². The van der Waals surface area contributed by atoms with E-state index in [-0.39, 0.29) is 12.6 Å². The number of aliphatic hydroxyl groups excluding tert-OH is 1. The minimum absolute atomic E-state index is 0.0450. The Morgan fingerprint density at radius 2 is 2.27 bits per heavy atom. The summed E-state index contributed by atoms with van der Waals surface area (Å²) in [6.07, 6.45) is 1.61. The van der Waals surface area contributed by atoms with Gasteiger partial charge >= 0.3 is 0 Å². The molecule has 0 saturated heterocycles. The molecule has 0 aliphatic heterocycles. The summed E-state index contributed by atoms with van der Waals surface area (Å²) in [6.45, 7) is -0.0450. The van der Waals surface area contributed by atoms with Crippen molar-refractivity contribution < 1.29 is 9.84 Å². The highest BCUT2D eigenvalue weighted by Crippen LogP contribution is 2.25. The maximum atomic E-state index is 9.05. The third-order valence-electron chi connectivity index (χ3n) is 2.13. The van der Waals surface area contributed by atoms with E-state index in [1.54, 1.807) is 25.4 Å². The SMILES string of the molecule is COc1cc(CO)cc2cnc(N)nc12. The Bertz CT molecular complexity index is 499. The lowest BCUT2D eigenvalue weighted by Crippen LogP contribution is -1.97. The van der Waals surface area contributed by atoms with Crippen LogP contribution in [0.25, 0.3) is 10.9 Å². The lowest BCUT2D eigenvalue weighted by Gasteiger charge is -2.07. The smallest absolute Gasteiger partial charge is 0.220 e. The van der Waals surface area contributed by atoms with Gasteiger partial charge in [0.05, 0.1) is 13.7 Å². The minimum atomic E-state index is -0.0450. The molecule has 1 aromatic heterocycles. The van der Waals surface area contributed by atoms with Crippen LogP contribution in [0.4, 0.5) is 5.95 Å². The Morgan fingerprint density at radius 3 is 2.93 bits per heavy atom. The molecule has 0 atom stereocenters. The summed E-state index contributed by atoms with van der Waals surface area (Å²) >= 11 is 0. The molecule has 5 nitrogen and oxygen atoms in total. The van der Waals surface area contributed by atoms with Crippen molar-refractivity contribution >= 4 is 16.9 Å². The van der Waals surface area contributed by atoms with Gasteiger partial charge in [-0.05, 0) is 17.7 Å². The quantitative estimate of drug-likeness (QED) is 0.754. The van der Waals surface area contributed by atoms with E-state index in [0.29, 0.717) is 11.3 Å². The van der Waals surface area contributed by atoms with Gasteiger partial charge in [0.25, 0.3) is 0 Å². The molecule has 0 amide bonds. The van der Waals surface area contributed by atoms with Crippen LogP contribution in [0.15, 0.2) is 18.3 Å². The van der Waals surface area contributed by atoms with Crippen molar-refractivity contribution in [3.8, 4) is 5.75 Å². The molecule has 2 rings (SSSR count). The molecule has 15 heavy (non-hydrogen) atoms. The Morgan fingerprint density at radius 1 is 1.47 bits per heavy atom. The van der Waals surface area contributed by atoms with Gasteiger partial charge in [0.1, 0.15) is 11.3 Å².